The molecule has 0 saturated carbocycles. The maximum atomic E-state index is 13.5. The number of nitrogens with zero attached hydrogens (tertiary/aromatic N) is 8. The lowest BCUT2D eigenvalue weighted by atomic mass is 9.95. The Morgan fingerprint density at radius 2 is 0.786 bits per heavy atom. The first-order chi connectivity index (χ1) is 47.4. The summed E-state index contributed by atoms with van der Waals surface area (Å²) in [5.74, 6) is -0.408. The summed E-state index contributed by atoms with van der Waals surface area (Å²) in [6, 6.07) is 31.6. The maximum Gasteiger partial charge on any atom is 0.407 e. The summed E-state index contributed by atoms with van der Waals surface area (Å²) >= 11 is 0. The van der Waals surface area contributed by atoms with Crippen LogP contribution in [0.25, 0.3) is 44.5 Å². The van der Waals surface area contributed by atoms with Crippen LogP contribution in [-0.4, -0.2) is 181 Å². The molecule has 0 unspecified atom stereocenters. The predicted molar refractivity (Wildman–Crippen MR) is 381 cm³/mol. The molecule has 0 aliphatic carbocycles. The molecule has 12 rings (SSSR count). The van der Waals surface area contributed by atoms with Crippen molar-refractivity contribution in [3.8, 4) is 22.3 Å². The molecule has 0 spiro atoms. The van der Waals surface area contributed by atoms with E-state index in [2.05, 4.69) is 128 Å². The highest BCUT2D eigenvalue weighted by molar-refractivity contribution is 6.06. The van der Waals surface area contributed by atoms with E-state index in [9.17, 15) is 33.6 Å². The number of aliphatic imine (C=N–C) groups is 4. The number of allylic oxidation sites excluding steroid dienone is 4. The highest BCUT2D eigenvalue weighted by Crippen LogP contribution is 2.36. The number of likely N-dealkylation sites (tertiary alicyclic amines) is 4. The number of ether oxygens (including phenoxy) is 3. The normalized spacial score (nSPS) is 21.2. The van der Waals surface area contributed by atoms with Gasteiger partial charge in [-0.15, -0.1) is 0 Å². The van der Waals surface area contributed by atoms with E-state index in [4.69, 9.17) is 25.2 Å². The van der Waals surface area contributed by atoms with Gasteiger partial charge in [0.05, 0.1) is 52.5 Å². The van der Waals surface area contributed by atoms with E-state index in [-0.39, 0.29) is 53.6 Å². The minimum Gasteiger partial charge on any atom is -0.453 e. The molecule has 4 fully saturated rings. The first-order valence-corrected chi connectivity index (χ1v) is 34.3. The van der Waals surface area contributed by atoms with Crippen LogP contribution in [0.1, 0.15) is 127 Å². The van der Waals surface area contributed by atoms with Gasteiger partial charge in [0.15, 0.2) is 0 Å². The minimum atomic E-state index is -0.654. The minimum absolute atomic E-state index is 0.0264. The van der Waals surface area contributed by atoms with Crippen LogP contribution in [0.3, 0.4) is 0 Å². The van der Waals surface area contributed by atoms with Crippen LogP contribution < -0.4 is 21.7 Å². The molecule has 8 aliphatic heterocycles. The zero-order valence-electron chi connectivity index (χ0n) is 57.1. The van der Waals surface area contributed by atoms with Crippen LogP contribution in [0.5, 0.6) is 0 Å². The lowest BCUT2D eigenvalue weighted by molar-refractivity contribution is -0.135. The largest absolute Gasteiger partial charge is 0.453 e. The summed E-state index contributed by atoms with van der Waals surface area (Å²) in [5.41, 5.74) is 23.2. The van der Waals surface area contributed by atoms with Crippen LogP contribution in [0.15, 0.2) is 142 Å². The Kier molecular flexibility index (Phi) is 22.4. The Morgan fingerprint density at radius 1 is 0.449 bits per heavy atom. The van der Waals surface area contributed by atoms with E-state index in [1.165, 1.54) is 21.3 Å². The van der Waals surface area contributed by atoms with Crippen LogP contribution >= 0.6 is 0 Å². The van der Waals surface area contributed by atoms with Crippen molar-refractivity contribution in [3.63, 3.8) is 0 Å². The fraction of sp³-hybridized carbons (Fsp3) is 0.434. The van der Waals surface area contributed by atoms with E-state index < -0.39 is 36.4 Å². The number of alkyl carbamates (subject to hydrolysis) is 3. The van der Waals surface area contributed by atoms with Crippen molar-refractivity contribution < 1.29 is 47.8 Å². The van der Waals surface area contributed by atoms with Gasteiger partial charge < -0.3 is 55.5 Å². The number of piperidine rings is 2. The van der Waals surface area contributed by atoms with Crippen LogP contribution in [0, 0.1) is 11.8 Å². The summed E-state index contributed by atoms with van der Waals surface area (Å²) in [6.07, 6.45) is 15.2. The van der Waals surface area contributed by atoms with Gasteiger partial charge in [0, 0.05) is 99.5 Å². The molecular weight excluding hydrogens is 1240 g/mol. The van der Waals surface area contributed by atoms with Gasteiger partial charge in [-0.3, -0.25) is 39.1 Å². The quantitative estimate of drug-likeness (QED) is 0.0641. The Bertz CT molecular complexity index is 3920. The van der Waals surface area contributed by atoms with Gasteiger partial charge in [0.1, 0.15) is 18.1 Å². The summed E-state index contributed by atoms with van der Waals surface area (Å²) in [7, 11) is 3.89. The fourth-order valence-electron chi connectivity index (χ4n) is 14.2. The Hall–Kier alpha value is -9.83. The second kappa shape index (κ2) is 31.6. The molecule has 6 atom stereocenters. The monoisotopic (exact) mass is 1330 g/mol. The molecule has 0 bridgehead atoms. The zero-order chi connectivity index (χ0) is 69.1. The van der Waals surface area contributed by atoms with Crippen LogP contribution in [-0.2, 0) is 33.4 Å². The lowest BCUT2D eigenvalue weighted by Gasteiger charge is -2.32. The second-order valence-corrected chi connectivity index (χ2v) is 27.0. The molecule has 0 radical (unpaired) electrons. The number of hydrogen-bond donors (Lipinski definition) is 4. The zero-order valence-corrected chi connectivity index (χ0v) is 57.1. The number of rotatable bonds is 19. The molecule has 4 aromatic carbocycles. The molecule has 22 heteroatoms. The van der Waals surface area contributed by atoms with Gasteiger partial charge in [0.2, 0.25) is 23.6 Å². The molecule has 7 amide bonds. The van der Waals surface area contributed by atoms with E-state index in [0.717, 1.165) is 148 Å². The van der Waals surface area contributed by atoms with Gasteiger partial charge >= 0.3 is 18.3 Å². The fourth-order valence-corrected chi connectivity index (χ4v) is 14.2. The number of hydrogen-bond acceptors (Lipinski definition) is 15. The number of benzene rings is 4. The number of carbonyl (C=O) groups excluding carboxylic acids is 7. The van der Waals surface area contributed by atoms with Gasteiger partial charge in [-0.2, -0.15) is 0 Å². The Labute approximate surface area is 573 Å². The SMILES string of the molecule is COC(=O)N[C@H](C(=O)N1CCC[C@H]1C1=NC=C(c2ccc(-c3ccc(C4=CN=C(CN5CCC[C@H](N)C5=O)C4)cc3)cc2)C1)C(C)C.COC(=O)N[C@H]1CCCN(CC2=NC=C(c3ccc(-c4ccc(C5=CN=C([C@@H]6CCCN6C(=O)[C@@H](NC(=O)OC)C(C)C)C5)cc4)cc3)C2)C1=O. The number of methoxy groups -OCH3 is 3. The Morgan fingerprint density at radius 3 is 1.16 bits per heavy atom. The smallest absolute Gasteiger partial charge is 0.407 e. The summed E-state index contributed by atoms with van der Waals surface area (Å²) in [5, 5.41) is 8.06. The molecule has 5 N–H and O–H groups in total. The van der Waals surface area contributed by atoms with Gasteiger partial charge in [-0.25, -0.2) is 14.4 Å². The standard InChI is InChI=1S/C39H46N6O6.C37H44N6O4/c1-24(2)35(43-39(49)51-4)37(47)45-18-6-8-34(45)33-20-30(22-41-33)28-15-11-26(12-16-28)25-9-13-27(14-10-25)29-19-31(40-21-29)23-44-17-5-7-32(36(44)46)42-38(48)50-3;1-23(2)34(41-37(46)47-3)36(45)43-17-5-7-33(43)32-19-29(21-40-32)27-14-10-25(11-15-27)24-8-12-26(13-9-24)28-18-30(39-20-28)22-42-16-4-6-31(38)35(42)44/h9-16,21-22,24,32,34-35H,5-8,17-20,23H2,1-4H3,(H,42,48)(H,43,49);8-15,20-21,23,31,33-34H,4-7,16-19,22,38H2,1-3H3,(H,41,46)/t32-,34-,35-;31-,33-,34-/m00/s1. The first-order valence-electron chi connectivity index (χ1n) is 34.3. The molecule has 98 heavy (non-hydrogen) atoms. The highest BCUT2D eigenvalue weighted by Gasteiger charge is 2.41. The molecule has 0 aromatic heterocycles. The first kappa shape index (κ1) is 69.5. The second-order valence-electron chi connectivity index (χ2n) is 27.0. The van der Waals surface area contributed by atoms with E-state index >= 15 is 0 Å². The number of amides is 7. The molecule has 8 heterocycles. The maximum absolute atomic E-state index is 13.5. The van der Waals surface area contributed by atoms with Crippen molar-refractivity contribution in [1.82, 2.24) is 35.6 Å². The van der Waals surface area contributed by atoms with Crippen molar-refractivity contribution in [2.75, 3.05) is 60.6 Å². The third-order valence-electron chi connectivity index (χ3n) is 19.8. The van der Waals surface area contributed by atoms with E-state index in [1.54, 1.807) is 4.90 Å². The Balaban J connectivity index is 0.000000199. The van der Waals surface area contributed by atoms with Crippen molar-refractivity contribution in [2.24, 2.45) is 37.5 Å². The lowest BCUT2D eigenvalue weighted by Crippen LogP contribution is -2.53. The molecule has 514 valence electrons. The van der Waals surface area contributed by atoms with Crippen molar-refractivity contribution in [3.05, 3.63) is 144 Å². The molecular formula is C76H90N12O10. The van der Waals surface area contributed by atoms with Crippen molar-refractivity contribution in [1.29, 1.82) is 0 Å². The average Bonchev–Trinajstić information content (AvgIpc) is 1.63. The third kappa shape index (κ3) is 16.2. The number of carbonyl (C=O) groups is 7. The number of nitrogens with two attached hydrogens (primary N) is 1. The average molecular weight is 1330 g/mol. The van der Waals surface area contributed by atoms with E-state index in [1.807, 2.05) is 67.2 Å². The molecule has 4 aromatic rings. The molecule has 4 saturated heterocycles. The third-order valence-corrected chi connectivity index (χ3v) is 19.8. The van der Waals surface area contributed by atoms with Gasteiger partial charge in [0.25, 0.3) is 0 Å². The predicted octanol–water partition coefficient (Wildman–Crippen LogP) is 10.5. The van der Waals surface area contributed by atoms with Crippen LogP contribution in [0.2, 0.25) is 0 Å². The molecule has 8 aliphatic rings. The van der Waals surface area contributed by atoms with Gasteiger partial charge in [-0.05, 0) is 130 Å². The summed E-state index contributed by atoms with van der Waals surface area (Å²) in [6.45, 7) is 11.3. The van der Waals surface area contributed by atoms with Crippen molar-refractivity contribution >= 4 is 87.0 Å². The van der Waals surface area contributed by atoms with Crippen molar-refractivity contribution in [2.45, 2.75) is 141 Å². The van der Waals surface area contributed by atoms with Crippen LogP contribution in [0.4, 0.5) is 14.4 Å². The topological polar surface area (TPSA) is 272 Å². The van der Waals surface area contributed by atoms with Gasteiger partial charge in [-0.1, -0.05) is 125 Å². The molecule has 22 nitrogen and oxygen atoms in total. The summed E-state index contributed by atoms with van der Waals surface area (Å²) < 4.78 is 14.2. The summed E-state index contributed by atoms with van der Waals surface area (Å²) in [4.78, 5) is 114. The highest BCUT2D eigenvalue weighted by atomic mass is 16.5. The number of nitrogens with one attached hydrogen (secondary N) is 3. The van der Waals surface area contributed by atoms with E-state index in [0.29, 0.717) is 58.4 Å².